The first-order valence-corrected chi connectivity index (χ1v) is 10.6. The van der Waals surface area contributed by atoms with Gasteiger partial charge < -0.3 is 9.47 Å². The maximum atomic E-state index is 6.41. The number of aryl methyl sites for hydroxylation is 1. The van der Waals surface area contributed by atoms with Gasteiger partial charge in [-0.25, -0.2) is 5.01 Å². The van der Waals surface area contributed by atoms with E-state index in [1.807, 2.05) is 49.4 Å². The SMILES string of the molecule is CCOc1ccc([C@H]2Oc3ccc(Cl)cc3[C@@H]3CC(c4ccc(C)cc4)=NN23)cc1. The van der Waals surface area contributed by atoms with Crippen LogP contribution in [0.25, 0.3) is 0 Å². The number of fused-ring (bicyclic) bond motifs is 3. The summed E-state index contributed by atoms with van der Waals surface area (Å²) in [6.45, 7) is 4.72. The first kappa shape index (κ1) is 19.0. The molecule has 2 aliphatic heterocycles. The summed E-state index contributed by atoms with van der Waals surface area (Å²) < 4.78 is 12.0. The predicted molar refractivity (Wildman–Crippen MR) is 119 cm³/mol. The highest BCUT2D eigenvalue weighted by atomic mass is 35.5. The summed E-state index contributed by atoms with van der Waals surface area (Å²) in [7, 11) is 0. The zero-order valence-corrected chi connectivity index (χ0v) is 17.8. The van der Waals surface area contributed by atoms with Crippen molar-refractivity contribution < 1.29 is 9.47 Å². The third-order valence-corrected chi connectivity index (χ3v) is 5.85. The van der Waals surface area contributed by atoms with E-state index in [1.54, 1.807) is 0 Å². The van der Waals surface area contributed by atoms with Crippen molar-refractivity contribution in [3.05, 3.63) is 94.0 Å². The van der Waals surface area contributed by atoms with Gasteiger partial charge in [0.2, 0.25) is 6.23 Å². The fourth-order valence-corrected chi connectivity index (χ4v) is 4.27. The summed E-state index contributed by atoms with van der Waals surface area (Å²) in [6.07, 6.45) is 0.509. The summed E-state index contributed by atoms with van der Waals surface area (Å²) >= 11 is 6.31. The van der Waals surface area contributed by atoms with E-state index < -0.39 is 0 Å². The molecule has 30 heavy (non-hydrogen) atoms. The Balaban J connectivity index is 1.55. The summed E-state index contributed by atoms with van der Waals surface area (Å²) in [5.74, 6) is 1.71. The van der Waals surface area contributed by atoms with E-state index in [-0.39, 0.29) is 12.3 Å². The molecule has 0 fully saturated rings. The highest BCUT2D eigenvalue weighted by molar-refractivity contribution is 6.30. The smallest absolute Gasteiger partial charge is 0.213 e. The standard InChI is InChI=1S/C25H23ClN2O2/c1-3-29-20-11-8-18(9-12-20)25-28-23(21-14-19(26)10-13-24(21)30-25)15-22(27-28)17-6-4-16(2)5-7-17/h4-14,23,25H,3,15H2,1-2H3/t23-,25+/m0/s1. The van der Waals surface area contributed by atoms with Gasteiger partial charge >= 0.3 is 0 Å². The molecule has 2 atom stereocenters. The molecule has 0 spiro atoms. The number of rotatable bonds is 4. The van der Waals surface area contributed by atoms with Crippen LogP contribution in [0.15, 0.2) is 71.8 Å². The van der Waals surface area contributed by atoms with Gasteiger partial charge in [0.1, 0.15) is 11.5 Å². The van der Waals surface area contributed by atoms with Crippen molar-refractivity contribution in [1.82, 2.24) is 5.01 Å². The Bertz CT molecular complexity index is 1090. The minimum atomic E-state index is -0.303. The topological polar surface area (TPSA) is 34.1 Å². The van der Waals surface area contributed by atoms with E-state index in [1.165, 1.54) is 5.56 Å². The molecule has 3 aromatic carbocycles. The minimum absolute atomic E-state index is 0.0836. The maximum Gasteiger partial charge on any atom is 0.213 e. The highest BCUT2D eigenvalue weighted by Crippen LogP contribution is 2.48. The van der Waals surface area contributed by atoms with Crippen molar-refractivity contribution in [2.75, 3.05) is 6.61 Å². The highest BCUT2D eigenvalue weighted by Gasteiger charge is 2.41. The lowest BCUT2D eigenvalue weighted by Crippen LogP contribution is -2.33. The second-order valence-corrected chi connectivity index (χ2v) is 8.10. The fraction of sp³-hybridized carbons (Fsp3) is 0.240. The average Bonchev–Trinajstić information content (AvgIpc) is 3.20. The molecule has 0 bridgehead atoms. The second kappa shape index (κ2) is 7.69. The lowest BCUT2D eigenvalue weighted by molar-refractivity contribution is -0.0190. The van der Waals surface area contributed by atoms with Crippen LogP contribution in [-0.4, -0.2) is 17.3 Å². The molecule has 3 aromatic rings. The summed E-state index contributed by atoms with van der Waals surface area (Å²) in [5, 5.41) is 7.79. The molecule has 2 heterocycles. The van der Waals surface area contributed by atoms with E-state index in [4.69, 9.17) is 26.2 Å². The third-order valence-electron chi connectivity index (χ3n) is 5.61. The first-order chi connectivity index (χ1) is 14.6. The number of hydrogen-bond acceptors (Lipinski definition) is 4. The van der Waals surface area contributed by atoms with Crippen molar-refractivity contribution in [3.8, 4) is 11.5 Å². The largest absolute Gasteiger partial charge is 0.494 e. The van der Waals surface area contributed by atoms with Gasteiger partial charge in [0, 0.05) is 22.6 Å². The molecular formula is C25H23ClN2O2. The number of benzene rings is 3. The van der Waals surface area contributed by atoms with Crippen molar-refractivity contribution in [2.24, 2.45) is 5.10 Å². The van der Waals surface area contributed by atoms with Crippen LogP contribution in [0.1, 0.15) is 47.9 Å². The van der Waals surface area contributed by atoms with Gasteiger partial charge in [0.15, 0.2) is 0 Å². The van der Waals surface area contributed by atoms with Gasteiger partial charge in [-0.3, -0.25) is 0 Å². The van der Waals surface area contributed by atoms with E-state index >= 15 is 0 Å². The van der Waals surface area contributed by atoms with Crippen LogP contribution in [0.4, 0.5) is 0 Å². The monoisotopic (exact) mass is 418 g/mol. The van der Waals surface area contributed by atoms with Gasteiger partial charge in [-0.05, 0) is 61.9 Å². The second-order valence-electron chi connectivity index (χ2n) is 7.67. The number of halogens is 1. The molecule has 4 nitrogen and oxygen atoms in total. The van der Waals surface area contributed by atoms with Crippen LogP contribution < -0.4 is 9.47 Å². The normalized spacial score (nSPS) is 19.6. The van der Waals surface area contributed by atoms with E-state index in [2.05, 4.69) is 36.2 Å². The predicted octanol–water partition coefficient (Wildman–Crippen LogP) is 6.29. The zero-order valence-electron chi connectivity index (χ0n) is 17.0. The molecule has 5 rings (SSSR count). The van der Waals surface area contributed by atoms with Gasteiger partial charge in [-0.15, -0.1) is 0 Å². The molecule has 0 amide bonds. The van der Waals surface area contributed by atoms with Crippen molar-refractivity contribution in [1.29, 1.82) is 0 Å². The molecule has 5 heteroatoms. The molecule has 0 radical (unpaired) electrons. The first-order valence-electron chi connectivity index (χ1n) is 10.2. The van der Waals surface area contributed by atoms with E-state index in [0.717, 1.165) is 40.3 Å². The quantitative estimate of drug-likeness (QED) is 0.499. The summed E-state index contributed by atoms with van der Waals surface area (Å²) in [4.78, 5) is 0. The van der Waals surface area contributed by atoms with E-state index in [9.17, 15) is 0 Å². The summed E-state index contributed by atoms with van der Waals surface area (Å²) in [5.41, 5.74) is 5.56. The number of hydrogen-bond donors (Lipinski definition) is 0. The van der Waals surface area contributed by atoms with Gasteiger partial charge in [0.25, 0.3) is 0 Å². The van der Waals surface area contributed by atoms with Crippen LogP contribution >= 0.6 is 11.6 Å². The number of hydrazone groups is 1. The Morgan fingerprint density at radius 1 is 1.07 bits per heavy atom. The van der Waals surface area contributed by atoms with Gasteiger partial charge in [0.05, 0.1) is 18.4 Å². The van der Waals surface area contributed by atoms with Crippen LogP contribution in [0.3, 0.4) is 0 Å². The summed E-state index contributed by atoms with van der Waals surface area (Å²) in [6, 6.07) is 22.5. The molecule has 0 unspecified atom stereocenters. The molecule has 0 aromatic heterocycles. The van der Waals surface area contributed by atoms with Crippen LogP contribution in [-0.2, 0) is 0 Å². The van der Waals surface area contributed by atoms with Crippen molar-refractivity contribution in [3.63, 3.8) is 0 Å². The molecule has 0 saturated carbocycles. The lowest BCUT2D eigenvalue weighted by Gasteiger charge is -2.38. The molecule has 152 valence electrons. The van der Waals surface area contributed by atoms with Crippen LogP contribution in [0.5, 0.6) is 11.5 Å². The van der Waals surface area contributed by atoms with Crippen LogP contribution in [0.2, 0.25) is 5.02 Å². The van der Waals surface area contributed by atoms with Gasteiger partial charge in [-0.2, -0.15) is 5.10 Å². The Morgan fingerprint density at radius 2 is 1.83 bits per heavy atom. The minimum Gasteiger partial charge on any atom is -0.494 e. The number of nitrogens with zero attached hydrogens (tertiary/aromatic N) is 2. The van der Waals surface area contributed by atoms with Crippen molar-refractivity contribution in [2.45, 2.75) is 32.5 Å². The maximum absolute atomic E-state index is 6.41. The Morgan fingerprint density at radius 3 is 2.57 bits per heavy atom. The molecule has 0 N–H and O–H groups in total. The van der Waals surface area contributed by atoms with Gasteiger partial charge in [-0.1, -0.05) is 41.4 Å². The fourth-order valence-electron chi connectivity index (χ4n) is 4.09. The Labute approximate surface area is 181 Å². The van der Waals surface area contributed by atoms with Crippen LogP contribution in [0, 0.1) is 6.92 Å². The molecule has 2 aliphatic rings. The van der Waals surface area contributed by atoms with Crippen molar-refractivity contribution >= 4 is 17.3 Å². The molecule has 0 aliphatic carbocycles. The Kier molecular flexibility index (Phi) is 4.87. The lowest BCUT2D eigenvalue weighted by atomic mass is 9.95. The zero-order chi connectivity index (χ0) is 20.7. The number of ether oxygens (including phenoxy) is 2. The molecule has 0 saturated heterocycles. The Hall–Kier alpha value is -2.98. The van der Waals surface area contributed by atoms with E-state index in [0.29, 0.717) is 11.6 Å². The molecular weight excluding hydrogens is 396 g/mol. The average molecular weight is 419 g/mol. The third kappa shape index (κ3) is 3.41.